The maximum Gasteiger partial charge on any atom is 0.246 e. The second-order valence-electron chi connectivity index (χ2n) is 5.14. The van der Waals surface area contributed by atoms with E-state index in [0.717, 1.165) is 19.3 Å². The van der Waals surface area contributed by atoms with E-state index in [1.54, 1.807) is 0 Å². The van der Waals surface area contributed by atoms with Gasteiger partial charge < -0.3 is 10.1 Å². The van der Waals surface area contributed by atoms with Crippen LogP contribution in [0.1, 0.15) is 31.4 Å². The summed E-state index contributed by atoms with van der Waals surface area (Å²) in [6.45, 7) is 4.03. The van der Waals surface area contributed by atoms with E-state index in [9.17, 15) is 4.79 Å². The van der Waals surface area contributed by atoms with Gasteiger partial charge in [0.2, 0.25) is 5.91 Å². The van der Waals surface area contributed by atoms with Crippen molar-refractivity contribution >= 4 is 5.91 Å². The van der Waals surface area contributed by atoms with Gasteiger partial charge >= 0.3 is 0 Å². The summed E-state index contributed by atoms with van der Waals surface area (Å²) in [5, 5.41) is 3.05. The standard InChI is InChI=1S/C15H21NO2/c1-11(2)18-10-15(17)16-14-8-7-12-5-3-4-6-13(12)9-14/h3-6,11,14H,7-10H2,1-2H3,(H,16,17). The van der Waals surface area contributed by atoms with Crippen molar-refractivity contribution in [2.24, 2.45) is 0 Å². The van der Waals surface area contributed by atoms with E-state index in [1.807, 2.05) is 13.8 Å². The third kappa shape index (κ3) is 3.57. The Morgan fingerprint density at radius 2 is 2.11 bits per heavy atom. The van der Waals surface area contributed by atoms with E-state index < -0.39 is 0 Å². The van der Waals surface area contributed by atoms with Crippen molar-refractivity contribution in [1.82, 2.24) is 5.32 Å². The summed E-state index contributed by atoms with van der Waals surface area (Å²) in [4.78, 5) is 11.7. The number of amides is 1. The molecule has 1 aliphatic carbocycles. The van der Waals surface area contributed by atoms with Crippen LogP contribution in [0.3, 0.4) is 0 Å². The molecule has 1 unspecified atom stereocenters. The lowest BCUT2D eigenvalue weighted by molar-refractivity contribution is -0.127. The molecule has 0 heterocycles. The number of hydrogen-bond acceptors (Lipinski definition) is 2. The number of ether oxygens (including phenoxy) is 1. The van der Waals surface area contributed by atoms with Crippen LogP contribution < -0.4 is 5.32 Å². The average molecular weight is 247 g/mol. The Hall–Kier alpha value is -1.35. The van der Waals surface area contributed by atoms with Gasteiger partial charge in [-0.25, -0.2) is 0 Å². The molecule has 0 saturated heterocycles. The quantitative estimate of drug-likeness (QED) is 0.884. The van der Waals surface area contributed by atoms with Crippen LogP contribution in [-0.2, 0) is 22.4 Å². The molecule has 0 fully saturated rings. The zero-order valence-corrected chi connectivity index (χ0v) is 11.1. The zero-order chi connectivity index (χ0) is 13.0. The van der Waals surface area contributed by atoms with Gasteiger partial charge in [-0.2, -0.15) is 0 Å². The van der Waals surface area contributed by atoms with Gasteiger partial charge in [0.25, 0.3) is 0 Å². The molecule has 0 aliphatic heterocycles. The Labute approximate surface area is 109 Å². The molecule has 1 aliphatic rings. The second kappa shape index (κ2) is 6.01. The SMILES string of the molecule is CC(C)OCC(=O)NC1CCc2ccccc2C1. The van der Waals surface area contributed by atoms with Gasteiger partial charge in [0, 0.05) is 6.04 Å². The van der Waals surface area contributed by atoms with Gasteiger partial charge in [-0.3, -0.25) is 4.79 Å². The van der Waals surface area contributed by atoms with Crippen molar-refractivity contribution in [3.8, 4) is 0 Å². The maximum absolute atomic E-state index is 11.7. The molecule has 0 saturated carbocycles. The Kier molecular flexibility index (Phi) is 4.37. The minimum Gasteiger partial charge on any atom is -0.369 e. The minimum atomic E-state index is -0.00641. The summed E-state index contributed by atoms with van der Waals surface area (Å²) in [6, 6.07) is 8.72. The van der Waals surface area contributed by atoms with Gasteiger partial charge in [0.05, 0.1) is 6.10 Å². The highest BCUT2D eigenvalue weighted by molar-refractivity contribution is 5.77. The molecular weight excluding hydrogens is 226 g/mol. The summed E-state index contributed by atoms with van der Waals surface area (Å²) in [5.74, 6) is -0.00641. The molecule has 18 heavy (non-hydrogen) atoms. The van der Waals surface area contributed by atoms with Crippen LogP contribution in [0.15, 0.2) is 24.3 Å². The van der Waals surface area contributed by atoms with E-state index in [-0.39, 0.29) is 24.7 Å². The molecule has 0 aromatic heterocycles. The van der Waals surface area contributed by atoms with Crippen molar-refractivity contribution in [2.45, 2.75) is 45.3 Å². The molecule has 1 amide bonds. The highest BCUT2D eigenvalue weighted by Gasteiger charge is 2.19. The third-order valence-electron chi connectivity index (χ3n) is 3.26. The van der Waals surface area contributed by atoms with Crippen molar-refractivity contribution < 1.29 is 9.53 Å². The molecule has 1 atom stereocenters. The zero-order valence-electron chi connectivity index (χ0n) is 11.1. The molecular formula is C15H21NO2. The summed E-state index contributed by atoms with van der Waals surface area (Å²) in [6.07, 6.45) is 3.10. The van der Waals surface area contributed by atoms with Crippen LogP contribution in [0.2, 0.25) is 0 Å². The average Bonchev–Trinajstić information content (AvgIpc) is 2.36. The van der Waals surface area contributed by atoms with E-state index in [2.05, 4.69) is 29.6 Å². The largest absolute Gasteiger partial charge is 0.369 e. The molecule has 2 rings (SSSR count). The fourth-order valence-corrected chi connectivity index (χ4v) is 2.33. The molecule has 1 N–H and O–H groups in total. The second-order valence-corrected chi connectivity index (χ2v) is 5.14. The van der Waals surface area contributed by atoms with Crippen LogP contribution in [0, 0.1) is 0 Å². The number of nitrogens with one attached hydrogen (secondary N) is 1. The molecule has 0 bridgehead atoms. The van der Waals surface area contributed by atoms with Crippen LogP contribution in [0.4, 0.5) is 0 Å². The highest BCUT2D eigenvalue weighted by atomic mass is 16.5. The third-order valence-corrected chi connectivity index (χ3v) is 3.26. The Morgan fingerprint density at radius 3 is 2.83 bits per heavy atom. The Morgan fingerprint density at radius 1 is 1.39 bits per heavy atom. The molecule has 0 radical (unpaired) electrons. The first-order valence-corrected chi connectivity index (χ1v) is 6.63. The van der Waals surface area contributed by atoms with Crippen molar-refractivity contribution in [3.05, 3.63) is 35.4 Å². The van der Waals surface area contributed by atoms with Crippen LogP contribution in [-0.4, -0.2) is 24.7 Å². The van der Waals surface area contributed by atoms with Gasteiger partial charge in [0.1, 0.15) is 6.61 Å². The van der Waals surface area contributed by atoms with Crippen LogP contribution >= 0.6 is 0 Å². The first-order chi connectivity index (χ1) is 8.65. The predicted molar refractivity (Wildman–Crippen MR) is 71.5 cm³/mol. The van der Waals surface area contributed by atoms with Gasteiger partial charge in [-0.1, -0.05) is 24.3 Å². The van der Waals surface area contributed by atoms with Gasteiger partial charge in [-0.15, -0.1) is 0 Å². The fraction of sp³-hybridized carbons (Fsp3) is 0.533. The number of carbonyl (C=O) groups excluding carboxylic acids is 1. The monoisotopic (exact) mass is 247 g/mol. The summed E-state index contributed by atoms with van der Waals surface area (Å²) >= 11 is 0. The lowest BCUT2D eigenvalue weighted by atomic mass is 9.88. The number of fused-ring (bicyclic) bond motifs is 1. The molecule has 3 heteroatoms. The number of rotatable bonds is 4. The number of benzene rings is 1. The predicted octanol–water partition coefficient (Wildman–Crippen LogP) is 2.09. The van der Waals surface area contributed by atoms with E-state index in [0.29, 0.717) is 0 Å². The molecule has 1 aromatic rings. The van der Waals surface area contributed by atoms with Gasteiger partial charge in [-0.05, 0) is 44.2 Å². The molecule has 3 nitrogen and oxygen atoms in total. The highest BCUT2D eigenvalue weighted by Crippen LogP contribution is 2.20. The lowest BCUT2D eigenvalue weighted by Gasteiger charge is -2.25. The minimum absolute atomic E-state index is 0.00641. The smallest absolute Gasteiger partial charge is 0.246 e. The van der Waals surface area contributed by atoms with E-state index >= 15 is 0 Å². The number of carbonyl (C=O) groups is 1. The molecule has 0 spiro atoms. The Bertz CT molecular complexity index is 415. The van der Waals surface area contributed by atoms with Gasteiger partial charge in [0.15, 0.2) is 0 Å². The topological polar surface area (TPSA) is 38.3 Å². The van der Waals surface area contributed by atoms with Crippen LogP contribution in [0.5, 0.6) is 0 Å². The van der Waals surface area contributed by atoms with Crippen LogP contribution in [0.25, 0.3) is 0 Å². The lowest BCUT2D eigenvalue weighted by Crippen LogP contribution is -2.41. The number of hydrogen-bond donors (Lipinski definition) is 1. The van der Waals surface area contributed by atoms with Crippen molar-refractivity contribution in [2.75, 3.05) is 6.61 Å². The maximum atomic E-state index is 11.7. The number of aryl methyl sites for hydroxylation is 1. The summed E-state index contributed by atoms with van der Waals surface area (Å²) in [7, 11) is 0. The Balaban J connectivity index is 1.84. The fourth-order valence-electron chi connectivity index (χ4n) is 2.33. The van der Waals surface area contributed by atoms with Crippen molar-refractivity contribution in [1.29, 1.82) is 0 Å². The normalized spacial score (nSPS) is 18.5. The first-order valence-electron chi connectivity index (χ1n) is 6.63. The first kappa shape index (κ1) is 13.1. The molecule has 1 aromatic carbocycles. The molecule has 98 valence electrons. The van der Waals surface area contributed by atoms with E-state index in [4.69, 9.17) is 4.74 Å². The van der Waals surface area contributed by atoms with Crippen molar-refractivity contribution in [3.63, 3.8) is 0 Å². The summed E-state index contributed by atoms with van der Waals surface area (Å²) in [5.41, 5.74) is 2.78. The van der Waals surface area contributed by atoms with E-state index in [1.165, 1.54) is 11.1 Å². The summed E-state index contributed by atoms with van der Waals surface area (Å²) < 4.78 is 5.30.